The average Bonchev–Trinajstić information content (AvgIpc) is 3.37. The van der Waals surface area contributed by atoms with Gasteiger partial charge in [-0.05, 0) is 31.9 Å². The lowest BCUT2D eigenvalue weighted by Crippen LogP contribution is -2.41. The van der Waals surface area contributed by atoms with Crippen LogP contribution in [0, 0.1) is 12.8 Å². The maximum atomic E-state index is 12.7. The number of nitrogens with zero attached hydrogens (tertiary/aromatic N) is 4. The number of carbonyl (C=O) groups is 1. The van der Waals surface area contributed by atoms with Crippen molar-refractivity contribution < 1.29 is 13.2 Å². The van der Waals surface area contributed by atoms with Crippen LogP contribution in [0.15, 0.2) is 57.8 Å². The molecule has 0 saturated carbocycles. The summed E-state index contributed by atoms with van der Waals surface area (Å²) in [5.74, 6) is 0.959. The fourth-order valence-electron chi connectivity index (χ4n) is 4.04. The summed E-state index contributed by atoms with van der Waals surface area (Å²) < 4.78 is 28.6. The minimum absolute atomic E-state index is 0.138. The maximum Gasteiger partial charge on any atom is 0.285 e. The van der Waals surface area contributed by atoms with Crippen molar-refractivity contribution in [2.75, 3.05) is 18.4 Å². The number of hydrogen-bond donors (Lipinski definition) is 2. The van der Waals surface area contributed by atoms with Crippen LogP contribution >= 0.6 is 0 Å². The topological polar surface area (TPSA) is 120 Å². The van der Waals surface area contributed by atoms with Crippen LogP contribution in [-0.2, 0) is 14.8 Å². The highest BCUT2D eigenvalue weighted by Crippen LogP contribution is 2.30. The molecule has 0 unspecified atom stereocenters. The van der Waals surface area contributed by atoms with Crippen LogP contribution in [-0.4, -0.2) is 53.3 Å². The van der Waals surface area contributed by atoms with Gasteiger partial charge in [0, 0.05) is 30.1 Å². The molecule has 10 heteroatoms. The minimum atomic E-state index is -3.65. The first-order valence-corrected chi connectivity index (χ1v) is 11.8. The average molecular weight is 451 g/mol. The smallest absolute Gasteiger partial charge is 0.285 e. The summed E-state index contributed by atoms with van der Waals surface area (Å²) in [6, 6.07) is 14.7. The molecule has 0 atom stereocenters. The molecule has 5 rings (SSSR count). The normalized spacial score (nSPS) is 17.7. The van der Waals surface area contributed by atoms with Gasteiger partial charge in [0.05, 0.1) is 0 Å². The number of aryl methyl sites for hydroxylation is 1. The van der Waals surface area contributed by atoms with Gasteiger partial charge in [0.2, 0.25) is 11.9 Å². The number of nitrogens with one attached hydrogen (secondary N) is 2. The van der Waals surface area contributed by atoms with Gasteiger partial charge in [0.15, 0.2) is 11.7 Å². The Hall–Kier alpha value is -3.53. The van der Waals surface area contributed by atoms with Crippen molar-refractivity contribution in [1.82, 2.24) is 20.1 Å². The number of aromatic amines is 1. The Balaban J connectivity index is 1.22. The first kappa shape index (κ1) is 20.4. The van der Waals surface area contributed by atoms with E-state index in [1.807, 2.05) is 36.1 Å². The van der Waals surface area contributed by atoms with Gasteiger partial charge in [-0.25, -0.2) is 0 Å². The molecular formula is C22H22N6O3S. The molecule has 3 aromatic rings. The number of rotatable bonds is 3. The number of amidine groups is 1. The van der Waals surface area contributed by atoms with Crippen LogP contribution in [0.3, 0.4) is 0 Å². The van der Waals surface area contributed by atoms with E-state index in [0.29, 0.717) is 43.2 Å². The number of anilines is 1. The molecule has 9 nitrogen and oxygen atoms in total. The molecule has 0 aliphatic carbocycles. The van der Waals surface area contributed by atoms with Gasteiger partial charge in [0.25, 0.3) is 10.0 Å². The summed E-state index contributed by atoms with van der Waals surface area (Å²) in [6.07, 6.45) is 1.17. The summed E-state index contributed by atoms with van der Waals surface area (Å²) in [4.78, 5) is 19.3. The monoisotopic (exact) mass is 450 g/mol. The number of benzene rings is 2. The maximum absolute atomic E-state index is 12.7. The minimum Gasteiger partial charge on any atom is -0.355 e. The molecule has 2 N–H and O–H groups in total. The number of fused-ring (bicyclic) bond motifs is 1. The zero-order chi connectivity index (χ0) is 22.3. The Morgan fingerprint density at radius 1 is 1.09 bits per heavy atom. The number of hydrogen-bond acceptors (Lipinski definition) is 6. The Morgan fingerprint density at radius 3 is 2.56 bits per heavy atom. The number of likely N-dealkylation sites (tertiary alicyclic amines) is 1. The summed E-state index contributed by atoms with van der Waals surface area (Å²) >= 11 is 0. The number of piperidine rings is 1. The molecule has 0 radical (unpaired) electrons. The highest BCUT2D eigenvalue weighted by molar-refractivity contribution is 7.90. The Morgan fingerprint density at radius 2 is 1.81 bits per heavy atom. The SMILES string of the molecule is Cc1ccc(-c2nc(NC(=O)C3CCN(C4=NS(=O)(=O)c5ccccc54)CC3)n[nH]2)cc1. The predicted octanol–water partition coefficient (Wildman–Crippen LogP) is 2.58. The molecule has 2 aromatic carbocycles. The first-order chi connectivity index (χ1) is 15.4. The van der Waals surface area contributed by atoms with Crippen molar-refractivity contribution in [2.45, 2.75) is 24.7 Å². The summed E-state index contributed by atoms with van der Waals surface area (Å²) in [7, 11) is -3.65. The van der Waals surface area contributed by atoms with Crippen LogP contribution < -0.4 is 5.32 Å². The van der Waals surface area contributed by atoms with Crippen LogP contribution in [0.4, 0.5) is 5.95 Å². The third-order valence-corrected chi connectivity index (χ3v) is 7.15. The zero-order valence-corrected chi connectivity index (χ0v) is 18.3. The van der Waals surface area contributed by atoms with Gasteiger partial charge in [-0.3, -0.25) is 15.2 Å². The van der Waals surface area contributed by atoms with Gasteiger partial charge < -0.3 is 4.90 Å². The standard InChI is InChI=1S/C22H22N6O3S/c1-14-6-8-15(9-7-14)19-23-22(26-25-19)24-21(29)16-10-12-28(13-11-16)20-17-4-2-3-5-18(17)32(30,31)27-20/h2-9,16H,10-13H2,1H3,(H2,23,24,25,26,29). The van der Waals surface area contributed by atoms with E-state index < -0.39 is 10.0 Å². The Labute approximate surface area is 185 Å². The van der Waals surface area contributed by atoms with Crippen molar-refractivity contribution in [2.24, 2.45) is 10.3 Å². The summed E-state index contributed by atoms with van der Waals surface area (Å²) in [5.41, 5.74) is 2.67. The van der Waals surface area contributed by atoms with Crippen LogP contribution in [0.5, 0.6) is 0 Å². The summed E-state index contributed by atoms with van der Waals surface area (Å²) in [5, 5.41) is 9.75. The van der Waals surface area contributed by atoms with Gasteiger partial charge in [-0.1, -0.05) is 42.0 Å². The fraction of sp³-hybridized carbons (Fsp3) is 0.273. The Bertz CT molecular complexity index is 1310. The molecule has 32 heavy (non-hydrogen) atoms. The third kappa shape index (κ3) is 3.77. The van der Waals surface area contributed by atoms with Gasteiger partial charge in [0.1, 0.15) is 4.90 Å². The van der Waals surface area contributed by atoms with Crippen molar-refractivity contribution in [3.63, 3.8) is 0 Å². The quantitative estimate of drug-likeness (QED) is 0.633. The van der Waals surface area contributed by atoms with E-state index in [9.17, 15) is 13.2 Å². The molecule has 1 amide bonds. The number of carbonyl (C=O) groups excluding carboxylic acids is 1. The van der Waals surface area contributed by atoms with Gasteiger partial charge >= 0.3 is 0 Å². The van der Waals surface area contributed by atoms with Crippen molar-refractivity contribution in [3.05, 3.63) is 59.7 Å². The van der Waals surface area contributed by atoms with Gasteiger partial charge in [-0.2, -0.15) is 13.4 Å². The highest BCUT2D eigenvalue weighted by Gasteiger charge is 2.34. The molecule has 2 aliphatic heterocycles. The number of sulfonamides is 1. The van der Waals surface area contributed by atoms with E-state index in [1.165, 1.54) is 0 Å². The second-order valence-electron chi connectivity index (χ2n) is 8.01. The molecule has 164 valence electrons. The van der Waals surface area contributed by atoms with Crippen molar-refractivity contribution >= 4 is 27.7 Å². The molecule has 0 bridgehead atoms. The third-order valence-electron chi connectivity index (χ3n) is 5.82. The van der Waals surface area contributed by atoms with E-state index in [-0.39, 0.29) is 22.7 Å². The second-order valence-corrected chi connectivity index (χ2v) is 9.58. The van der Waals surface area contributed by atoms with Crippen molar-refractivity contribution in [1.29, 1.82) is 0 Å². The fourth-order valence-corrected chi connectivity index (χ4v) is 5.27. The lowest BCUT2D eigenvalue weighted by Gasteiger charge is -2.32. The molecule has 2 aliphatic rings. The van der Waals surface area contributed by atoms with Crippen LogP contribution in [0.25, 0.3) is 11.4 Å². The molecular weight excluding hydrogens is 428 g/mol. The van der Waals surface area contributed by atoms with E-state index in [4.69, 9.17) is 0 Å². The number of amides is 1. The van der Waals surface area contributed by atoms with Crippen molar-refractivity contribution in [3.8, 4) is 11.4 Å². The lowest BCUT2D eigenvalue weighted by molar-refractivity contribution is -0.121. The number of H-pyrrole nitrogens is 1. The highest BCUT2D eigenvalue weighted by atomic mass is 32.2. The van der Waals surface area contributed by atoms with E-state index in [1.54, 1.807) is 24.3 Å². The van der Waals surface area contributed by atoms with E-state index in [2.05, 4.69) is 24.9 Å². The van der Waals surface area contributed by atoms with E-state index >= 15 is 0 Å². The van der Waals surface area contributed by atoms with Gasteiger partial charge in [-0.15, -0.1) is 9.50 Å². The molecule has 1 fully saturated rings. The largest absolute Gasteiger partial charge is 0.355 e. The van der Waals surface area contributed by atoms with Crippen LogP contribution in [0.2, 0.25) is 0 Å². The first-order valence-electron chi connectivity index (χ1n) is 10.4. The molecule has 3 heterocycles. The lowest BCUT2D eigenvalue weighted by atomic mass is 9.95. The number of aromatic nitrogens is 3. The molecule has 0 spiro atoms. The molecule has 1 aromatic heterocycles. The Kier molecular flexibility index (Phi) is 5.01. The van der Waals surface area contributed by atoms with E-state index in [0.717, 1.165) is 11.1 Å². The second kappa shape index (κ2) is 7.86. The summed E-state index contributed by atoms with van der Waals surface area (Å²) in [6.45, 7) is 3.10. The molecule has 1 saturated heterocycles. The van der Waals surface area contributed by atoms with Crippen LogP contribution in [0.1, 0.15) is 24.0 Å². The predicted molar refractivity (Wildman–Crippen MR) is 120 cm³/mol. The zero-order valence-electron chi connectivity index (χ0n) is 17.4.